The van der Waals surface area contributed by atoms with Crippen LogP contribution in [-0.4, -0.2) is 52.1 Å². The standard InChI is InChI=1S/C33H34N2O7/c1-5-40-30(37)33(25(4)36)20-29(24(3)28-18-16-23(2)17-19-28)34(31(38)41-21-26-12-8-6-9-13-26)35(33)32(39)42-22-27-14-10-7-11-15-27/h6-19,29H,3,5,20-22H2,1-2,4H3/t29-,33+/m0/s1. The maximum Gasteiger partial charge on any atom is 0.430 e. The lowest BCUT2D eigenvalue weighted by Gasteiger charge is -2.37. The smallest absolute Gasteiger partial charge is 0.430 e. The highest BCUT2D eigenvalue weighted by Gasteiger charge is 2.65. The van der Waals surface area contributed by atoms with Crippen LogP contribution in [0.25, 0.3) is 5.57 Å². The molecule has 2 atom stereocenters. The molecule has 4 rings (SSSR count). The zero-order valence-electron chi connectivity index (χ0n) is 23.9. The fourth-order valence-electron chi connectivity index (χ4n) is 4.88. The second kappa shape index (κ2) is 13.2. The molecule has 0 N–H and O–H groups in total. The molecule has 1 aliphatic heterocycles. The van der Waals surface area contributed by atoms with Gasteiger partial charge in [0, 0.05) is 6.42 Å². The van der Waals surface area contributed by atoms with E-state index >= 15 is 0 Å². The summed E-state index contributed by atoms with van der Waals surface area (Å²) in [6.45, 7) is 8.59. The zero-order valence-corrected chi connectivity index (χ0v) is 23.9. The molecule has 42 heavy (non-hydrogen) atoms. The third kappa shape index (κ3) is 6.20. The highest BCUT2D eigenvalue weighted by molar-refractivity contribution is 6.11. The van der Waals surface area contributed by atoms with Gasteiger partial charge < -0.3 is 14.2 Å². The Kier molecular flexibility index (Phi) is 9.42. The van der Waals surface area contributed by atoms with Gasteiger partial charge in [0.05, 0.1) is 12.6 Å². The molecule has 3 aromatic carbocycles. The van der Waals surface area contributed by atoms with Gasteiger partial charge in [0.1, 0.15) is 13.2 Å². The summed E-state index contributed by atoms with van der Waals surface area (Å²) in [5.74, 6) is -1.67. The molecule has 0 radical (unpaired) electrons. The first kappa shape index (κ1) is 30.0. The first-order chi connectivity index (χ1) is 20.2. The van der Waals surface area contributed by atoms with Crippen molar-refractivity contribution in [2.75, 3.05) is 6.61 Å². The van der Waals surface area contributed by atoms with Crippen molar-refractivity contribution in [3.63, 3.8) is 0 Å². The minimum atomic E-state index is -2.20. The average Bonchev–Trinajstić information content (AvgIpc) is 3.38. The van der Waals surface area contributed by atoms with Crippen molar-refractivity contribution in [3.05, 3.63) is 114 Å². The van der Waals surface area contributed by atoms with Gasteiger partial charge in [-0.15, -0.1) is 0 Å². The molecule has 0 saturated carbocycles. The first-order valence-electron chi connectivity index (χ1n) is 13.6. The van der Waals surface area contributed by atoms with E-state index in [1.807, 2.05) is 43.3 Å². The van der Waals surface area contributed by atoms with Gasteiger partial charge in [-0.3, -0.25) is 4.79 Å². The zero-order chi connectivity index (χ0) is 30.3. The van der Waals surface area contributed by atoms with Gasteiger partial charge in [-0.05, 0) is 43.0 Å². The molecule has 0 aromatic heterocycles. The molecule has 0 spiro atoms. The van der Waals surface area contributed by atoms with Gasteiger partial charge in [-0.25, -0.2) is 19.4 Å². The van der Waals surface area contributed by atoms with Crippen molar-refractivity contribution in [1.29, 1.82) is 0 Å². The van der Waals surface area contributed by atoms with Crippen LogP contribution in [0, 0.1) is 6.92 Å². The third-order valence-electron chi connectivity index (χ3n) is 7.15. The predicted molar refractivity (Wildman–Crippen MR) is 156 cm³/mol. The monoisotopic (exact) mass is 570 g/mol. The number of hydrogen-bond donors (Lipinski definition) is 0. The number of nitrogens with zero attached hydrogens (tertiary/aromatic N) is 2. The molecule has 1 heterocycles. The molecule has 0 unspecified atom stereocenters. The largest absolute Gasteiger partial charge is 0.464 e. The molecule has 0 aliphatic carbocycles. The fourth-order valence-corrected chi connectivity index (χ4v) is 4.88. The van der Waals surface area contributed by atoms with Crippen molar-refractivity contribution in [1.82, 2.24) is 10.0 Å². The van der Waals surface area contributed by atoms with Gasteiger partial charge in [-0.1, -0.05) is 97.1 Å². The number of carbonyl (C=O) groups excluding carboxylic acids is 4. The topological polar surface area (TPSA) is 102 Å². The quantitative estimate of drug-likeness (QED) is 0.180. The number of amides is 2. The van der Waals surface area contributed by atoms with Crippen molar-refractivity contribution in [2.45, 2.75) is 52.0 Å². The molecular weight excluding hydrogens is 536 g/mol. The van der Waals surface area contributed by atoms with E-state index < -0.39 is 35.5 Å². The average molecular weight is 571 g/mol. The Bertz CT molecular complexity index is 1440. The molecular formula is C33H34N2O7. The van der Waals surface area contributed by atoms with Crippen LogP contribution in [0.4, 0.5) is 9.59 Å². The Morgan fingerprint density at radius 2 is 1.33 bits per heavy atom. The summed E-state index contributed by atoms with van der Waals surface area (Å²) in [5, 5.41) is 1.73. The number of Topliss-reactive ketones (excluding diaryl/α,β-unsaturated/α-hetero) is 1. The molecule has 9 nitrogen and oxygen atoms in total. The molecule has 9 heteroatoms. The maximum absolute atomic E-state index is 13.9. The van der Waals surface area contributed by atoms with Crippen molar-refractivity contribution >= 4 is 29.5 Å². The van der Waals surface area contributed by atoms with Crippen LogP contribution in [0.1, 0.15) is 42.5 Å². The minimum Gasteiger partial charge on any atom is -0.464 e. The van der Waals surface area contributed by atoms with Crippen molar-refractivity contribution in [2.24, 2.45) is 0 Å². The molecule has 0 bridgehead atoms. The summed E-state index contributed by atoms with van der Waals surface area (Å²) in [5.41, 5.74) is 1.25. The van der Waals surface area contributed by atoms with Crippen LogP contribution in [-0.2, 0) is 37.0 Å². The van der Waals surface area contributed by atoms with Gasteiger partial charge >= 0.3 is 18.2 Å². The first-order valence-corrected chi connectivity index (χ1v) is 13.6. The van der Waals surface area contributed by atoms with E-state index in [1.165, 1.54) is 6.92 Å². The Morgan fingerprint density at radius 3 is 1.83 bits per heavy atom. The number of rotatable bonds is 9. The second-order valence-corrected chi connectivity index (χ2v) is 9.98. The lowest BCUT2D eigenvalue weighted by Crippen LogP contribution is -2.63. The highest BCUT2D eigenvalue weighted by Crippen LogP contribution is 2.42. The van der Waals surface area contributed by atoms with E-state index in [-0.39, 0.29) is 26.2 Å². The van der Waals surface area contributed by atoms with Crippen molar-refractivity contribution in [3.8, 4) is 0 Å². The summed E-state index contributed by atoms with van der Waals surface area (Å²) in [7, 11) is 0. The predicted octanol–water partition coefficient (Wildman–Crippen LogP) is 5.86. The summed E-state index contributed by atoms with van der Waals surface area (Å²) in [6, 6.07) is 24.3. The van der Waals surface area contributed by atoms with Crippen LogP contribution in [0.15, 0.2) is 91.5 Å². The Hall–Kier alpha value is -4.92. The van der Waals surface area contributed by atoms with Crippen LogP contribution in [0.5, 0.6) is 0 Å². The van der Waals surface area contributed by atoms with Gasteiger partial charge in [-0.2, -0.15) is 5.01 Å². The lowest BCUT2D eigenvalue weighted by atomic mass is 9.85. The third-order valence-corrected chi connectivity index (χ3v) is 7.15. The second-order valence-electron chi connectivity index (χ2n) is 9.98. The molecule has 2 amide bonds. The van der Waals surface area contributed by atoms with E-state index in [2.05, 4.69) is 6.58 Å². The lowest BCUT2D eigenvalue weighted by molar-refractivity contribution is -0.165. The number of hydrazine groups is 1. The maximum atomic E-state index is 13.9. The summed E-state index contributed by atoms with van der Waals surface area (Å²) < 4.78 is 16.5. The highest BCUT2D eigenvalue weighted by atomic mass is 16.6. The Balaban J connectivity index is 1.79. The van der Waals surface area contributed by atoms with E-state index in [1.54, 1.807) is 55.5 Å². The minimum absolute atomic E-state index is 0.0528. The van der Waals surface area contributed by atoms with Gasteiger partial charge in [0.2, 0.25) is 5.54 Å². The fraction of sp³-hybridized carbons (Fsp3) is 0.273. The Morgan fingerprint density at radius 1 is 0.810 bits per heavy atom. The van der Waals surface area contributed by atoms with Gasteiger partial charge in [0.25, 0.3) is 0 Å². The number of ketones is 1. The van der Waals surface area contributed by atoms with Crippen LogP contribution in [0.3, 0.4) is 0 Å². The number of esters is 1. The SMILES string of the molecule is C=C(c1ccc(C)cc1)[C@@H]1C[C@@](C(C)=O)(C(=O)OCC)N(C(=O)OCc2ccccc2)N1C(=O)OCc1ccccc1. The number of ether oxygens (including phenoxy) is 3. The molecule has 3 aromatic rings. The number of carbonyl (C=O) groups is 4. The molecule has 218 valence electrons. The van der Waals surface area contributed by atoms with Crippen LogP contribution in [0.2, 0.25) is 0 Å². The number of benzene rings is 3. The van der Waals surface area contributed by atoms with Crippen LogP contribution < -0.4 is 0 Å². The van der Waals surface area contributed by atoms with E-state index in [0.29, 0.717) is 22.3 Å². The molecule has 1 saturated heterocycles. The number of aryl methyl sites for hydroxylation is 1. The van der Waals surface area contributed by atoms with E-state index in [9.17, 15) is 19.2 Å². The molecule has 1 aliphatic rings. The van der Waals surface area contributed by atoms with Gasteiger partial charge in [0.15, 0.2) is 5.78 Å². The van der Waals surface area contributed by atoms with Crippen molar-refractivity contribution < 1.29 is 33.4 Å². The summed E-state index contributed by atoms with van der Waals surface area (Å²) in [4.78, 5) is 54.7. The molecule has 1 fully saturated rings. The Labute approximate surface area is 245 Å². The summed E-state index contributed by atoms with van der Waals surface area (Å²) >= 11 is 0. The summed E-state index contributed by atoms with van der Waals surface area (Å²) in [6.07, 6.45) is -2.34. The van der Waals surface area contributed by atoms with E-state index in [4.69, 9.17) is 14.2 Å². The number of hydrogen-bond acceptors (Lipinski definition) is 7. The van der Waals surface area contributed by atoms with Crippen LogP contribution >= 0.6 is 0 Å². The van der Waals surface area contributed by atoms with E-state index in [0.717, 1.165) is 15.6 Å². The normalized spacial score (nSPS) is 17.8.